The predicted octanol–water partition coefficient (Wildman–Crippen LogP) is 5.07. The van der Waals surface area contributed by atoms with Gasteiger partial charge in [0.25, 0.3) is 0 Å². The van der Waals surface area contributed by atoms with Crippen molar-refractivity contribution in [1.82, 2.24) is 0 Å². The maximum Gasteiger partial charge on any atom is 0.0737 e. The Morgan fingerprint density at radius 3 is 2.79 bits per heavy atom. The minimum Gasteiger partial charge on any atom is -0.127 e. The Kier molecular flexibility index (Phi) is 5.80. The number of hydrogen-bond acceptors (Lipinski definition) is 1. The Morgan fingerprint density at radius 1 is 1.50 bits per heavy atom. The van der Waals surface area contributed by atoms with Gasteiger partial charge in [0.05, 0.1) is 3.79 Å². The fourth-order valence-corrected chi connectivity index (χ4v) is 2.80. The first-order valence-electron chi connectivity index (χ1n) is 5.42. The summed E-state index contributed by atoms with van der Waals surface area (Å²) in [5, 5.41) is 3.18. The highest BCUT2D eigenvalue weighted by Gasteiger charge is 2.09. The van der Waals surface area contributed by atoms with Gasteiger partial charge in [-0.25, -0.2) is 0 Å². The van der Waals surface area contributed by atoms with Crippen LogP contribution >= 0.6 is 27.3 Å². The summed E-state index contributed by atoms with van der Waals surface area (Å²) < 4.78 is 1.27. The number of hydrogen-bond donors (Lipinski definition) is 0. The normalized spacial score (nSPS) is 13.1. The molecule has 1 heterocycles. The highest BCUT2D eigenvalue weighted by Crippen LogP contribution is 2.27. The second-order valence-corrected chi connectivity index (χ2v) is 5.95. The molecule has 0 N–H and O–H groups in total. The van der Waals surface area contributed by atoms with Gasteiger partial charge in [-0.3, -0.25) is 0 Å². The van der Waals surface area contributed by atoms with Gasteiger partial charge in [0.2, 0.25) is 0 Å². The second kappa shape index (κ2) is 6.62. The van der Waals surface area contributed by atoms with Gasteiger partial charge in [-0.05, 0) is 39.9 Å². The number of unbranched alkanes of at least 4 members (excludes halogenated alkanes) is 1. The predicted molar refractivity (Wildman–Crippen MR) is 67.9 cm³/mol. The van der Waals surface area contributed by atoms with Crippen molar-refractivity contribution in [3.05, 3.63) is 20.8 Å². The van der Waals surface area contributed by atoms with Crippen LogP contribution in [-0.2, 0) is 6.42 Å². The SMILES string of the molecule is CCCCC(CC)Cc1c[c]sc1Br. The first-order chi connectivity index (χ1) is 6.77. The van der Waals surface area contributed by atoms with Crippen molar-refractivity contribution in [1.29, 1.82) is 0 Å². The van der Waals surface area contributed by atoms with Crippen molar-refractivity contribution in [2.45, 2.75) is 46.0 Å². The van der Waals surface area contributed by atoms with E-state index >= 15 is 0 Å². The van der Waals surface area contributed by atoms with Gasteiger partial charge in [0, 0.05) is 5.38 Å². The largest absolute Gasteiger partial charge is 0.127 e. The van der Waals surface area contributed by atoms with Crippen molar-refractivity contribution in [2.24, 2.45) is 5.92 Å². The van der Waals surface area contributed by atoms with Crippen molar-refractivity contribution in [2.75, 3.05) is 0 Å². The molecule has 2 heteroatoms. The van der Waals surface area contributed by atoms with Gasteiger partial charge >= 0.3 is 0 Å². The molecule has 1 aromatic rings. The van der Waals surface area contributed by atoms with Crippen molar-refractivity contribution < 1.29 is 0 Å². The molecule has 0 spiro atoms. The topological polar surface area (TPSA) is 0 Å². The average Bonchev–Trinajstić information content (AvgIpc) is 2.59. The summed E-state index contributed by atoms with van der Waals surface area (Å²) in [6.45, 7) is 4.56. The highest BCUT2D eigenvalue weighted by molar-refractivity contribution is 9.11. The van der Waals surface area contributed by atoms with E-state index in [4.69, 9.17) is 0 Å². The summed E-state index contributed by atoms with van der Waals surface area (Å²) in [6.07, 6.45) is 6.56. The molecule has 0 aliphatic rings. The molecule has 0 amide bonds. The molecule has 0 aromatic carbocycles. The summed E-state index contributed by atoms with van der Waals surface area (Å²) in [7, 11) is 0. The zero-order chi connectivity index (χ0) is 10.4. The molecule has 79 valence electrons. The minimum atomic E-state index is 0.856. The van der Waals surface area contributed by atoms with Gasteiger partial charge in [-0.1, -0.05) is 39.5 Å². The quantitative estimate of drug-likeness (QED) is 0.679. The summed E-state index contributed by atoms with van der Waals surface area (Å²) in [5.74, 6) is 0.856. The van der Waals surface area contributed by atoms with E-state index in [9.17, 15) is 0 Å². The molecule has 0 nitrogen and oxygen atoms in total. The second-order valence-electron chi connectivity index (χ2n) is 3.78. The van der Waals surface area contributed by atoms with Crippen LogP contribution < -0.4 is 0 Å². The third kappa shape index (κ3) is 3.74. The molecule has 1 unspecified atom stereocenters. The maximum atomic E-state index is 3.58. The molecule has 0 bridgehead atoms. The fraction of sp³-hybridized carbons (Fsp3) is 0.667. The number of rotatable bonds is 6. The lowest BCUT2D eigenvalue weighted by Crippen LogP contribution is -2.02. The van der Waals surface area contributed by atoms with Crippen molar-refractivity contribution >= 4 is 27.3 Å². The lowest BCUT2D eigenvalue weighted by Gasteiger charge is -2.13. The van der Waals surface area contributed by atoms with Gasteiger partial charge in [0.15, 0.2) is 0 Å². The molecule has 1 rings (SSSR count). The highest BCUT2D eigenvalue weighted by atomic mass is 79.9. The van der Waals surface area contributed by atoms with E-state index in [0.29, 0.717) is 0 Å². The Balaban J connectivity index is 2.44. The maximum absolute atomic E-state index is 3.58. The third-order valence-corrected chi connectivity index (χ3v) is 4.36. The van der Waals surface area contributed by atoms with Crippen LogP contribution in [0.3, 0.4) is 0 Å². The van der Waals surface area contributed by atoms with E-state index in [0.717, 1.165) is 5.92 Å². The molecular formula is C12H18BrS. The standard InChI is InChI=1S/C12H18BrS/c1-3-5-6-10(4-2)9-11-7-8-14-12(11)13/h7,10H,3-6,9H2,1-2H3. The van der Waals surface area contributed by atoms with Crippen LogP contribution in [0, 0.1) is 11.3 Å². The zero-order valence-corrected chi connectivity index (χ0v) is 11.4. The zero-order valence-electron chi connectivity index (χ0n) is 8.98. The molecule has 0 saturated heterocycles. The van der Waals surface area contributed by atoms with E-state index in [2.05, 4.69) is 41.2 Å². The van der Waals surface area contributed by atoms with Gasteiger partial charge < -0.3 is 0 Å². The average molecular weight is 274 g/mol. The van der Waals surface area contributed by atoms with Crippen LogP contribution in [0.1, 0.15) is 45.1 Å². The van der Waals surface area contributed by atoms with E-state index in [1.54, 1.807) is 11.3 Å². The Morgan fingerprint density at radius 2 is 2.29 bits per heavy atom. The molecule has 0 aliphatic heterocycles. The monoisotopic (exact) mass is 273 g/mol. The van der Waals surface area contributed by atoms with Gasteiger partial charge in [-0.2, -0.15) is 0 Å². The minimum absolute atomic E-state index is 0.856. The molecule has 1 aromatic heterocycles. The van der Waals surface area contributed by atoms with Crippen molar-refractivity contribution in [3.8, 4) is 0 Å². The number of halogens is 1. The first kappa shape index (κ1) is 12.3. The summed E-state index contributed by atoms with van der Waals surface area (Å²) in [5.41, 5.74) is 1.44. The van der Waals surface area contributed by atoms with Crippen LogP contribution in [0.25, 0.3) is 0 Å². The van der Waals surface area contributed by atoms with Crippen LogP contribution in [-0.4, -0.2) is 0 Å². The van der Waals surface area contributed by atoms with Crippen LogP contribution in [0.4, 0.5) is 0 Å². The lowest BCUT2D eigenvalue weighted by atomic mass is 9.93. The van der Waals surface area contributed by atoms with Gasteiger partial charge in [0.1, 0.15) is 0 Å². The molecule has 14 heavy (non-hydrogen) atoms. The third-order valence-electron chi connectivity index (χ3n) is 2.69. The molecular weight excluding hydrogens is 256 g/mol. The summed E-state index contributed by atoms with van der Waals surface area (Å²) in [6, 6.07) is 2.13. The van der Waals surface area contributed by atoms with Crippen LogP contribution in [0.5, 0.6) is 0 Å². The summed E-state index contributed by atoms with van der Waals surface area (Å²) in [4.78, 5) is 0. The molecule has 1 atom stereocenters. The Labute approximate surface area is 99.9 Å². The lowest BCUT2D eigenvalue weighted by molar-refractivity contribution is 0.449. The number of thiophene rings is 1. The van der Waals surface area contributed by atoms with E-state index in [1.165, 1.54) is 41.5 Å². The van der Waals surface area contributed by atoms with Gasteiger partial charge in [-0.15, -0.1) is 11.3 Å². The van der Waals surface area contributed by atoms with E-state index in [-0.39, 0.29) is 0 Å². The Bertz CT molecular complexity index is 255. The Hall–Kier alpha value is 0.180. The van der Waals surface area contributed by atoms with Crippen molar-refractivity contribution in [3.63, 3.8) is 0 Å². The fourth-order valence-electron chi connectivity index (χ4n) is 1.67. The van der Waals surface area contributed by atoms with E-state index in [1.807, 2.05) is 0 Å². The molecule has 0 aliphatic carbocycles. The molecule has 1 radical (unpaired) electrons. The molecule has 0 saturated carbocycles. The first-order valence-corrected chi connectivity index (χ1v) is 7.03. The smallest absolute Gasteiger partial charge is 0.0737 e. The van der Waals surface area contributed by atoms with Crippen LogP contribution in [0.2, 0.25) is 0 Å². The molecule has 0 fully saturated rings. The van der Waals surface area contributed by atoms with E-state index < -0.39 is 0 Å². The summed E-state index contributed by atoms with van der Waals surface area (Å²) >= 11 is 5.25. The van der Waals surface area contributed by atoms with Crippen LogP contribution in [0.15, 0.2) is 9.85 Å².